The molecule has 2 atom stereocenters. The lowest BCUT2D eigenvalue weighted by Gasteiger charge is -2.15. The third-order valence-electron chi connectivity index (χ3n) is 2.46. The summed E-state index contributed by atoms with van der Waals surface area (Å²) in [5.41, 5.74) is 0. The molecule has 0 aliphatic heterocycles. The van der Waals surface area contributed by atoms with Gasteiger partial charge in [0.15, 0.2) is 0 Å². The molecule has 0 saturated carbocycles. The van der Waals surface area contributed by atoms with Crippen LogP contribution in [0.5, 0.6) is 5.75 Å². The van der Waals surface area contributed by atoms with Crippen molar-refractivity contribution in [1.29, 1.82) is 0 Å². The van der Waals surface area contributed by atoms with Crippen molar-refractivity contribution in [2.45, 2.75) is 30.4 Å². The van der Waals surface area contributed by atoms with Gasteiger partial charge in [-0.15, -0.1) is 0 Å². The highest BCUT2D eigenvalue weighted by Crippen LogP contribution is 2.25. The van der Waals surface area contributed by atoms with E-state index in [4.69, 9.17) is 9.47 Å². The molecule has 0 N–H and O–H groups in total. The standard InChI is InChI=1S/C13H18O4S/c1-4-11(13(14)17-5-2)18(15)12-9-7-6-8-10(12)16-3/h6-9,11H,4-5H2,1-3H3. The van der Waals surface area contributed by atoms with Crippen LogP contribution in [0.2, 0.25) is 0 Å². The molecule has 0 radical (unpaired) electrons. The van der Waals surface area contributed by atoms with E-state index in [1.165, 1.54) is 7.11 Å². The van der Waals surface area contributed by atoms with Gasteiger partial charge in [0.1, 0.15) is 11.0 Å². The zero-order valence-corrected chi connectivity index (χ0v) is 11.7. The van der Waals surface area contributed by atoms with Crippen molar-refractivity contribution in [3.05, 3.63) is 24.3 Å². The molecule has 0 aromatic heterocycles. The number of carbonyl (C=O) groups excluding carboxylic acids is 1. The second-order valence-electron chi connectivity index (χ2n) is 3.60. The molecule has 1 aromatic rings. The number of methoxy groups -OCH3 is 1. The van der Waals surface area contributed by atoms with Crippen LogP contribution in [0.25, 0.3) is 0 Å². The van der Waals surface area contributed by atoms with Gasteiger partial charge >= 0.3 is 5.97 Å². The maximum atomic E-state index is 12.4. The predicted molar refractivity (Wildman–Crippen MR) is 70.1 cm³/mol. The number of para-hydroxylation sites is 1. The first-order valence-electron chi connectivity index (χ1n) is 5.85. The van der Waals surface area contributed by atoms with E-state index in [-0.39, 0.29) is 0 Å². The van der Waals surface area contributed by atoms with E-state index < -0.39 is 22.0 Å². The average molecular weight is 270 g/mol. The Morgan fingerprint density at radius 3 is 2.56 bits per heavy atom. The van der Waals surface area contributed by atoms with E-state index >= 15 is 0 Å². The number of ether oxygens (including phenoxy) is 2. The minimum atomic E-state index is -1.46. The molecule has 100 valence electrons. The van der Waals surface area contributed by atoms with Crippen LogP contribution in [-0.4, -0.2) is 29.1 Å². The third-order valence-corrected chi connectivity index (χ3v) is 4.28. The van der Waals surface area contributed by atoms with Crippen LogP contribution in [0.15, 0.2) is 29.2 Å². The molecule has 0 fully saturated rings. The van der Waals surface area contributed by atoms with Crippen molar-refractivity contribution < 1.29 is 18.5 Å². The van der Waals surface area contributed by atoms with E-state index in [1.54, 1.807) is 31.2 Å². The molecule has 1 aromatic carbocycles. The molecule has 18 heavy (non-hydrogen) atoms. The Kier molecular flexibility index (Phi) is 5.85. The van der Waals surface area contributed by atoms with Crippen LogP contribution in [0, 0.1) is 0 Å². The van der Waals surface area contributed by atoms with Gasteiger partial charge in [-0.05, 0) is 25.5 Å². The number of benzene rings is 1. The normalized spacial score (nSPS) is 13.7. The topological polar surface area (TPSA) is 52.6 Å². The summed E-state index contributed by atoms with van der Waals surface area (Å²) in [4.78, 5) is 12.3. The Morgan fingerprint density at radius 2 is 2.00 bits per heavy atom. The maximum absolute atomic E-state index is 12.4. The van der Waals surface area contributed by atoms with Crippen LogP contribution < -0.4 is 4.74 Å². The Labute approximate surface area is 110 Å². The molecule has 0 heterocycles. The van der Waals surface area contributed by atoms with Gasteiger partial charge in [0.2, 0.25) is 0 Å². The Hall–Kier alpha value is -1.36. The van der Waals surface area contributed by atoms with Crippen molar-refractivity contribution in [3.8, 4) is 5.75 Å². The second-order valence-corrected chi connectivity index (χ2v) is 5.20. The fourth-order valence-electron chi connectivity index (χ4n) is 1.58. The summed E-state index contributed by atoms with van der Waals surface area (Å²) in [5.74, 6) is 0.0998. The summed E-state index contributed by atoms with van der Waals surface area (Å²) in [7, 11) is 0.0515. The first kappa shape index (κ1) is 14.7. The number of esters is 1. The summed E-state index contributed by atoms with van der Waals surface area (Å²) >= 11 is 0. The van der Waals surface area contributed by atoms with E-state index in [0.717, 1.165) is 0 Å². The molecule has 0 saturated heterocycles. The Bertz CT molecular complexity index is 431. The molecule has 1 rings (SSSR count). The molecule has 0 aliphatic rings. The zero-order valence-electron chi connectivity index (χ0n) is 10.8. The minimum absolute atomic E-state index is 0.290. The highest BCUT2D eigenvalue weighted by atomic mass is 32.2. The summed E-state index contributed by atoms with van der Waals surface area (Å²) in [6, 6.07) is 7.00. The van der Waals surface area contributed by atoms with Gasteiger partial charge in [-0.25, -0.2) is 0 Å². The largest absolute Gasteiger partial charge is 0.495 e. The number of hydrogen-bond donors (Lipinski definition) is 0. The fourth-order valence-corrected chi connectivity index (χ4v) is 2.99. The highest BCUT2D eigenvalue weighted by molar-refractivity contribution is 7.86. The molecular weight excluding hydrogens is 252 g/mol. The minimum Gasteiger partial charge on any atom is -0.495 e. The molecule has 0 amide bonds. The summed E-state index contributed by atoms with van der Waals surface area (Å²) in [6.07, 6.45) is 0.462. The smallest absolute Gasteiger partial charge is 0.322 e. The lowest BCUT2D eigenvalue weighted by atomic mass is 10.3. The Balaban J connectivity index is 3.00. The van der Waals surface area contributed by atoms with Gasteiger partial charge in [0.25, 0.3) is 0 Å². The lowest BCUT2D eigenvalue weighted by molar-refractivity contribution is -0.142. The first-order valence-corrected chi connectivity index (χ1v) is 7.07. The van der Waals surface area contributed by atoms with Crippen LogP contribution in [-0.2, 0) is 20.3 Å². The van der Waals surface area contributed by atoms with Crippen molar-refractivity contribution in [2.75, 3.05) is 13.7 Å². The first-order chi connectivity index (χ1) is 8.65. The van der Waals surface area contributed by atoms with Crippen molar-refractivity contribution >= 4 is 16.8 Å². The SMILES string of the molecule is CCOC(=O)C(CC)S(=O)c1ccccc1OC. The summed E-state index contributed by atoms with van der Waals surface area (Å²) < 4.78 is 22.5. The van der Waals surface area contributed by atoms with Crippen LogP contribution in [0.1, 0.15) is 20.3 Å². The molecule has 4 nitrogen and oxygen atoms in total. The van der Waals surface area contributed by atoms with E-state index in [2.05, 4.69) is 0 Å². The molecule has 5 heteroatoms. The Morgan fingerprint density at radius 1 is 1.33 bits per heavy atom. The lowest BCUT2D eigenvalue weighted by Crippen LogP contribution is -2.27. The maximum Gasteiger partial charge on any atom is 0.322 e. The van der Waals surface area contributed by atoms with Gasteiger partial charge in [-0.3, -0.25) is 9.00 Å². The number of hydrogen-bond acceptors (Lipinski definition) is 4. The van der Waals surface area contributed by atoms with E-state index in [0.29, 0.717) is 23.7 Å². The van der Waals surface area contributed by atoms with Crippen LogP contribution in [0.4, 0.5) is 0 Å². The van der Waals surface area contributed by atoms with Gasteiger partial charge in [-0.2, -0.15) is 0 Å². The monoisotopic (exact) mass is 270 g/mol. The summed E-state index contributed by atoms with van der Waals surface area (Å²) in [6.45, 7) is 3.84. The van der Waals surface area contributed by atoms with Crippen LogP contribution in [0.3, 0.4) is 0 Å². The van der Waals surface area contributed by atoms with Gasteiger partial charge in [0.05, 0.1) is 29.4 Å². The molecule has 2 unspecified atom stereocenters. The van der Waals surface area contributed by atoms with Crippen molar-refractivity contribution in [2.24, 2.45) is 0 Å². The van der Waals surface area contributed by atoms with Crippen molar-refractivity contribution in [3.63, 3.8) is 0 Å². The molecule has 0 bridgehead atoms. The van der Waals surface area contributed by atoms with Crippen molar-refractivity contribution in [1.82, 2.24) is 0 Å². The van der Waals surface area contributed by atoms with Gasteiger partial charge in [0, 0.05) is 0 Å². The fraction of sp³-hybridized carbons (Fsp3) is 0.462. The van der Waals surface area contributed by atoms with Gasteiger partial charge < -0.3 is 9.47 Å². The predicted octanol–water partition coefficient (Wildman–Crippen LogP) is 2.14. The zero-order chi connectivity index (χ0) is 13.5. The third kappa shape index (κ3) is 3.32. The molecular formula is C13H18O4S. The average Bonchev–Trinajstić information content (AvgIpc) is 2.39. The molecule has 0 aliphatic carbocycles. The van der Waals surface area contributed by atoms with E-state index in [9.17, 15) is 9.00 Å². The highest BCUT2D eigenvalue weighted by Gasteiger charge is 2.27. The van der Waals surface area contributed by atoms with Gasteiger partial charge in [-0.1, -0.05) is 19.1 Å². The number of rotatable bonds is 6. The second kappa shape index (κ2) is 7.16. The molecule has 0 spiro atoms. The quantitative estimate of drug-likeness (QED) is 0.743. The van der Waals surface area contributed by atoms with Crippen LogP contribution >= 0.6 is 0 Å². The summed E-state index contributed by atoms with van der Waals surface area (Å²) in [5, 5.41) is -0.652. The van der Waals surface area contributed by atoms with E-state index in [1.807, 2.05) is 6.92 Å². The number of carbonyl (C=O) groups is 1.